The highest BCUT2D eigenvalue weighted by Gasteiger charge is 2.19. The Kier molecular flexibility index (Phi) is 5.72. The SMILES string of the molecule is COc1cc(NC(=O)c2cc(N3CCOCC3)c3cc(C)ccc3n2)cc(OC)c1. The molecule has 0 spiro atoms. The van der Waals surface area contributed by atoms with Crippen LogP contribution in [0.5, 0.6) is 11.5 Å². The lowest BCUT2D eigenvalue weighted by atomic mass is 10.1. The predicted molar refractivity (Wildman–Crippen MR) is 117 cm³/mol. The van der Waals surface area contributed by atoms with E-state index in [-0.39, 0.29) is 5.91 Å². The van der Waals surface area contributed by atoms with Gasteiger partial charge in [-0.2, -0.15) is 0 Å². The van der Waals surface area contributed by atoms with Crippen LogP contribution >= 0.6 is 0 Å². The van der Waals surface area contributed by atoms with Crippen molar-refractivity contribution >= 4 is 28.2 Å². The van der Waals surface area contributed by atoms with Gasteiger partial charge in [-0.25, -0.2) is 4.98 Å². The predicted octanol–water partition coefficient (Wildman–Crippen LogP) is 3.65. The van der Waals surface area contributed by atoms with Crippen LogP contribution in [0, 0.1) is 6.92 Å². The van der Waals surface area contributed by atoms with E-state index in [1.54, 1.807) is 32.4 Å². The molecule has 0 unspecified atom stereocenters. The number of hydrogen-bond donors (Lipinski definition) is 1. The maximum absolute atomic E-state index is 13.1. The lowest BCUT2D eigenvalue weighted by molar-refractivity contribution is 0.102. The molecule has 2 aromatic carbocycles. The molecule has 30 heavy (non-hydrogen) atoms. The monoisotopic (exact) mass is 407 g/mol. The number of rotatable bonds is 5. The summed E-state index contributed by atoms with van der Waals surface area (Å²) in [5.41, 5.74) is 3.88. The number of hydrogen-bond acceptors (Lipinski definition) is 6. The summed E-state index contributed by atoms with van der Waals surface area (Å²) in [6, 6.07) is 13.2. The molecular weight excluding hydrogens is 382 g/mol. The Morgan fingerprint density at radius 2 is 1.73 bits per heavy atom. The zero-order valence-corrected chi connectivity index (χ0v) is 17.4. The van der Waals surface area contributed by atoms with E-state index in [1.165, 1.54) is 0 Å². The van der Waals surface area contributed by atoms with Crippen LogP contribution in [0.2, 0.25) is 0 Å². The highest BCUT2D eigenvalue weighted by Crippen LogP contribution is 2.30. The van der Waals surface area contributed by atoms with Crippen molar-refractivity contribution in [1.82, 2.24) is 4.98 Å². The number of ether oxygens (including phenoxy) is 3. The fourth-order valence-corrected chi connectivity index (χ4v) is 3.58. The van der Waals surface area contributed by atoms with Crippen LogP contribution in [-0.2, 0) is 4.74 Å². The third-order valence-corrected chi connectivity index (χ3v) is 5.14. The summed E-state index contributed by atoms with van der Waals surface area (Å²) in [4.78, 5) is 19.9. The summed E-state index contributed by atoms with van der Waals surface area (Å²) in [6.07, 6.45) is 0. The van der Waals surface area contributed by atoms with Gasteiger partial charge in [-0.3, -0.25) is 4.79 Å². The molecule has 1 aliphatic rings. The first-order valence-corrected chi connectivity index (χ1v) is 9.86. The van der Waals surface area contributed by atoms with Crippen LogP contribution in [0.3, 0.4) is 0 Å². The van der Waals surface area contributed by atoms with Crippen molar-refractivity contribution in [3.63, 3.8) is 0 Å². The molecule has 0 bridgehead atoms. The second kappa shape index (κ2) is 8.59. The number of nitrogens with zero attached hydrogens (tertiary/aromatic N) is 2. The van der Waals surface area contributed by atoms with Crippen LogP contribution in [0.1, 0.15) is 16.1 Å². The van der Waals surface area contributed by atoms with Crippen LogP contribution in [0.25, 0.3) is 10.9 Å². The maximum atomic E-state index is 13.1. The highest BCUT2D eigenvalue weighted by molar-refractivity contribution is 6.06. The molecule has 1 aromatic heterocycles. The van der Waals surface area contributed by atoms with E-state index in [2.05, 4.69) is 28.2 Å². The molecule has 1 N–H and O–H groups in total. The summed E-state index contributed by atoms with van der Waals surface area (Å²) in [7, 11) is 3.14. The van der Waals surface area contributed by atoms with E-state index in [1.807, 2.05) is 18.2 Å². The molecule has 3 aromatic rings. The van der Waals surface area contributed by atoms with Crippen LogP contribution < -0.4 is 19.7 Å². The van der Waals surface area contributed by atoms with E-state index in [0.29, 0.717) is 36.1 Å². The molecule has 1 aliphatic heterocycles. The van der Waals surface area contributed by atoms with Gasteiger partial charge >= 0.3 is 0 Å². The molecule has 1 fully saturated rings. The summed E-state index contributed by atoms with van der Waals surface area (Å²) in [5.74, 6) is 0.906. The molecule has 2 heterocycles. The van der Waals surface area contributed by atoms with Gasteiger partial charge in [0.15, 0.2) is 0 Å². The number of pyridine rings is 1. The lowest BCUT2D eigenvalue weighted by Gasteiger charge is -2.30. The summed E-state index contributed by atoms with van der Waals surface area (Å²) >= 11 is 0. The second-order valence-corrected chi connectivity index (χ2v) is 7.20. The van der Waals surface area contributed by atoms with Gasteiger partial charge in [0, 0.05) is 48.0 Å². The summed E-state index contributed by atoms with van der Waals surface area (Å²) < 4.78 is 16.1. The van der Waals surface area contributed by atoms with Gasteiger partial charge in [-0.05, 0) is 25.1 Å². The fourth-order valence-electron chi connectivity index (χ4n) is 3.58. The van der Waals surface area contributed by atoms with Gasteiger partial charge in [-0.15, -0.1) is 0 Å². The number of benzene rings is 2. The van der Waals surface area contributed by atoms with Crippen LogP contribution in [0.4, 0.5) is 11.4 Å². The first kappa shape index (κ1) is 20.0. The Hall–Kier alpha value is -3.32. The normalized spacial score (nSPS) is 13.9. The molecule has 1 amide bonds. The van der Waals surface area contributed by atoms with Crippen LogP contribution in [-0.4, -0.2) is 51.4 Å². The minimum Gasteiger partial charge on any atom is -0.497 e. The number of nitrogens with one attached hydrogen (secondary N) is 1. The number of aromatic nitrogens is 1. The van der Waals surface area contributed by atoms with Gasteiger partial charge in [0.2, 0.25) is 0 Å². The van der Waals surface area contributed by atoms with Crippen molar-refractivity contribution in [3.8, 4) is 11.5 Å². The van der Waals surface area contributed by atoms with Gasteiger partial charge in [0.05, 0.1) is 33.0 Å². The Morgan fingerprint density at radius 3 is 2.40 bits per heavy atom. The van der Waals surface area contributed by atoms with Crippen molar-refractivity contribution in [1.29, 1.82) is 0 Å². The number of aryl methyl sites for hydroxylation is 1. The Bertz CT molecular complexity index is 1060. The Morgan fingerprint density at radius 1 is 1.03 bits per heavy atom. The first-order chi connectivity index (χ1) is 14.6. The Balaban J connectivity index is 1.71. The molecule has 0 radical (unpaired) electrons. The lowest BCUT2D eigenvalue weighted by Crippen LogP contribution is -2.36. The second-order valence-electron chi connectivity index (χ2n) is 7.20. The number of morpholine rings is 1. The number of carbonyl (C=O) groups is 1. The smallest absolute Gasteiger partial charge is 0.274 e. The molecule has 1 saturated heterocycles. The molecule has 7 heteroatoms. The minimum absolute atomic E-state index is 0.290. The van der Waals surface area contributed by atoms with E-state index in [0.717, 1.165) is 35.2 Å². The zero-order chi connectivity index (χ0) is 21.1. The fraction of sp³-hybridized carbons (Fsp3) is 0.304. The molecule has 0 saturated carbocycles. The quantitative estimate of drug-likeness (QED) is 0.696. The summed E-state index contributed by atoms with van der Waals surface area (Å²) in [6.45, 7) is 4.95. The van der Waals surface area contributed by atoms with E-state index in [9.17, 15) is 4.79 Å². The number of methoxy groups -OCH3 is 2. The molecular formula is C23H25N3O4. The van der Waals surface area contributed by atoms with E-state index >= 15 is 0 Å². The molecule has 4 rings (SSSR count). The molecule has 156 valence electrons. The first-order valence-electron chi connectivity index (χ1n) is 9.86. The van der Waals surface area contributed by atoms with Crippen molar-refractivity contribution in [2.24, 2.45) is 0 Å². The van der Waals surface area contributed by atoms with E-state index in [4.69, 9.17) is 14.2 Å². The number of carbonyl (C=O) groups excluding carboxylic acids is 1. The van der Waals surface area contributed by atoms with Crippen LogP contribution in [0.15, 0.2) is 42.5 Å². The third-order valence-electron chi connectivity index (χ3n) is 5.14. The van der Waals surface area contributed by atoms with Gasteiger partial charge < -0.3 is 24.4 Å². The summed E-state index contributed by atoms with van der Waals surface area (Å²) in [5, 5.41) is 3.95. The van der Waals surface area contributed by atoms with Gasteiger partial charge in [0.25, 0.3) is 5.91 Å². The standard InChI is InChI=1S/C23H25N3O4/c1-15-4-5-20-19(10-15)22(26-6-8-30-9-7-26)14-21(25-20)23(27)24-16-11-17(28-2)13-18(12-16)29-3/h4-5,10-14H,6-9H2,1-3H3,(H,24,27). The Labute approximate surface area is 175 Å². The van der Waals surface area contributed by atoms with Crippen molar-refractivity contribution in [2.75, 3.05) is 50.7 Å². The van der Waals surface area contributed by atoms with Gasteiger partial charge in [-0.1, -0.05) is 11.6 Å². The zero-order valence-electron chi connectivity index (χ0n) is 17.4. The molecule has 7 nitrogen and oxygen atoms in total. The number of amides is 1. The molecule has 0 atom stereocenters. The van der Waals surface area contributed by atoms with Crippen molar-refractivity contribution in [2.45, 2.75) is 6.92 Å². The third kappa shape index (κ3) is 4.16. The van der Waals surface area contributed by atoms with Gasteiger partial charge in [0.1, 0.15) is 17.2 Å². The number of anilines is 2. The largest absolute Gasteiger partial charge is 0.497 e. The van der Waals surface area contributed by atoms with Crippen molar-refractivity contribution in [3.05, 3.63) is 53.7 Å². The topological polar surface area (TPSA) is 72.9 Å². The van der Waals surface area contributed by atoms with E-state index < -0.39 is 0 Å². The van der Waals surface area contributed by atoms with Crippen molar-refractivity contribution < 1.29 is 19.0 Å². The number of fused-ring (bicyclic) bond motifs is 1. The molecule has 0 aliphatic carbocycles. The highest BCUT2D eigenvalue weighted by atomic mass is 16.5. The maximum Gasteiger partial charge on any atom is 0.274 e. The average molecular weight is 407 g/mol. The minimum atomic E-state index is -0.290. The average Bonchev–Trinajstić information content (AvgIpc) is 2.78.